The van der Waals surface area contributed by atoms with Crippen LogP contribution in [0.3, 0.4) is 0 Å². The van der Waals surface area contributed by atoms with Gasteiger partial charge in [0.1, 0.15) is 0 Å². The molecule has 0 aromatic heterocycles. The number of nitrogens with zero attached hydrogens (tertiary/aromatic N) is 1. The van der Waals surface area contributed by atoms with E-state index in [0.717, 1.165) is 24.1 Å². The van der Waals surface area contributed by atoms with Crippen LogP contribution >= 0.6 is 0 Å². The molecule has 1 saturated carbocycles. The lowest BCUT2D eigenvalue weighted by Gasteiger charge is -2.29. The van der Waals surface area contributed by atoms with Gasteiger partial charge in [-0.1, -0.05) is 12.1 Å². The Morgan fingerprint density at radius 1 is 1.41 bits per heavy atom. The second-order valence-corrected chi connectivity index (χ2v) is 6.68. The van der Waals surface area contributed by atoms with Gasteiger partial charge in [0.05, 0.1) is 12.1 Å². The number of amides is 2. The molecular weight excluding hydrogens is 278 g/mol. The standard InChI is InChI=1S/C17H27N3O2/c1-12-5-6-13(15(9-12)20(3)4)10-18-16(22)19-17(2,11-21)14-7-8-14/h5-6,9,14,21H,7-8,10-11H2,1-4H3,(H2,18,19,22). The van der Waals surface area contributed by atoms with Gasteiger partial charge in [-0.15, -0.1) is 0 Å². The van der Waals surface area contributed by atoms with E-state index in [0.29, 0.717) is 12.5 Å². The lowest BCUT2D eigenvalue weighted by Crippen LogP contribution is -2.53. The molecule has 22 heavy (non-hydrogen) atoms. The van der Waals surface area contributed by atoms with Crippen LogP contribution in [-0.4, -0.2) is 37.4 Å². The highest BCUT2D eigenvalue weighted by molar-refractivity contribution is 5.75. The summed E-state index contributed by atoms with van der Waals surface area (Å²) in [5.41, 5.74) is 2.86. The smallest absolute Gasteiger partial charge is 0.315 e. The lowest BCUT2D eigenvalue weighted by molar-refractivity contribution is 0.155. The van der Waals surface area contributed by atoms with Crippen molar-refractivity contribution in [2.24, 2.45) is 5.92 Å². The first-order valence-electron chi connectivity index (χ1n) is 7.79. The third-order valence-corrected chi connectivity index (χ3v) is 4.37. The van der Waals surface area contributed by atoms with E-state index in [4.69, 9.17) is 0 Å². The summed E-state index contributed by atoms with van der Waals surface area (Å²) in [5.74, 6) is 0.389. The average Bonchev–Trinajstić information content (AvgIpc) is 3.30. The van der Waals surface area contributed by atoms with Crippen molar-refractivity contribution in [2.75, 3.05) is 25.6 Å². The zero-order chi connectivity index (χ0) is 16.3. The molecule has 0 aliphatic heterocycles. The molecule has 1 unspecified atom stereocenters. The highest BCUT2D eigenvalue weighted by Crippen LogP contribution is 2.39. The number of carbonyl (C=O) groups excluding carboxylic acids is 1. The van der Waals surface area contributed by atoms with Gasteiger partial charge in [-0.25, -0.2) is 4.79 Å². The fourth-order valence-corrected chi connectivity index (χ4v) is 2.71. The molecule has 1 aromatic rings. The molecule has 0 bridgehead atoms. The Labute approximate surface area is 132 Å². The number of hydrogen-bond acceptors (Lipinski definition) is 3. The van der Waals surface area contributed by atoms with Crippen molar-refractivity contribution in [3.05, 3.63) is 29.3 Å². The molecule has 1 aliphatic carbocycles. The highest BCUT2D eigenvalue weighted by atomic mass is 16.3. The first-order chi connectivity index (χ1) is 10.4. The SMILES string of the molecule is Cc1ccc(CNC(=O)NC(C)(CO)C2CC2)c(N(C)C)c1. The molecule has 3 N–H and O–H groups in total. The van der Waals surface area contributed by atoms with E-state index < -0.39 is 5.54 Å². The van der Waals surface area contributed by atoms with Gasteiger partial charge >= 0.3 is 6.03 Å². The van der Waals surface area contributed by atoms with Gasteiger partial charge in [-0.3, -0.25) is 0 Å². The topological polar surface area (TPSA) is 64.6 Å². The number of urea groups is 1. The zero-order valence-electron chi connectivity index (χ0n) is 13.9. The van der Waals surface area contributed by atoms with E-state index in [-0.39, 0.29) is 12.6 Å². The predicted octanol–water partition coefficient (Wildman–Crippen LogP) is 2.02. The van der Waals surface area contributed by atoms with Crippen LogP contribution in [0.4, 0.5) is 10.5 Å². The third kappa shape index (κ3) is 3.91. The number of anilines is 1. The van der Waals surface area contributed by atoms with Crippen LogP contribution < -0.4 is 15.5 Å². The quantitative estimate of drug-likeness (QED) is 0.753. The first kappa shape index (κ1) is 16.6. The Balaban J connectivity index is 1.96. The molecule has 2 amide bonds. The number of aliphatic hydroxyl groups excluding tert-OH is 1. The zero-order valence-corrected chi connectivity index (χ0v) is 13.9. The van der Waals surface area contributed by atoms with E-state index in [1.807, 2.05) is 38.1 Å². The Morgan fingerprint density at radius 2 is 2.09 bits per heavy atom. The van der Waals surface area contributed by atoms with Crippen molar-refractivity contribution in [1.29, 1.82) is 0 Å². The van der Waals surface area contributed by atoms with Crippen molar-refractivity contribution in [1.82, 2.24) is 10.6 Å². The number of carbonyl (C=O) groups is 1. The monoisotopic (exact) mass is 305 g/mol. The molecule has 122 valence electrons. The van der Waals surface area contributed by atoms with Gasteiger partial charge in [-0.05, 0) is 49.8 Å². The first-order valence-corrected chi connectivity index (χ1v) is 7.79. The maximum Gasteiger partial charge on any atom is 0.315 e. The number of rotatable bonds is 6. The molecule has 1 aliphatic rings. The van der Waals surface area contributed by atoms with Gasteiger partial charge in [0.25, 0.3) is 0 Å². The van der Waals surface area contributed by atoms with Gasteiger partial charge in [0, 0.05) is 26.3 Å². The molecule has 1 aromatic carbocycles. The van der Waals surface area contributed by atoms with Crippen molar-refractivity contribution in [3.63, 3.8) is 0 Å². The molecule has 1 atom stereocenters. The molecule has 5 nitrogen and oxygen atoms in total. The minimum atomic E-state index is -0.512. The van der Waals surface area contributed by atoms with Crippen molar-refractivity contribution < 1.29 is 9.90 Å². The van der Waals surface area contributed by atoms with Gasteiger partial charge < -0.3 is 20.6 Å². The number of hydrogen-bond donors (Lipinski definition) is 3. The van der Waals surface area contributed by atoms with Crippen molar-refractivity contribution in [2.45, 2.75) is 38.8 Å². The number of benzene rings is 1. The normalized spacial score (nSPS) is 16.8. The minimum Gasteiger partial charge on any atom is -0.394 e. The maximum atomic E-state index is 12.1. The Kier molecular flexibility index (Phi) is 4.96. The largest absolute Gasteiger partial charge is 0.394 e. The third-order valence-electron chi connectivity index (χ3n) is 4.37. The second-order valence-electron chi connectivity index (χ2n) is 6.68. The second kappa shape index (κ2) is 6.57. The van der Waals surface area contributed by atoms with Crippen LogP contribution in [-0.2, 0) is 6.54 Å². The summed E-state index contributed by atoms with van der Waals surface area (Å²) in [6.07, 6.45) is 2.14. The summed E-state index contributed by atoms with van der Waals surface area (Å²) in [4.78, 5) is 14.2. The Bertz CT molecular complexity index is 541. The number of nitrogens with one attached hydrogen (secondary N) is 2. The molecule has 0 spiro atoms. The average molecular weight is 305 g/mol. The molecule has 0 saturated heterocycles. The van der Waals surface area contributed by atoms with Crippen molar-refractivity contribution >= 4 is 11.7 Å². The van der Waals surface area contributed by atoms with Crippen LogP contribution in [0.25, 0.3) is 0 Å². The van der Waals surface area contributed by atoms with Crippen molar-refractivity contribution in [3.8, 4) is 0 Å². The molecule has 5 heteroatoms. The summed E-state index contributed by atoms with van der Waals surface area (Å²) in [7, 11) is 3.99. The van der Waals surface area contributed by atoms with Crippen LogP contribution in [0.2, 0.25) is 0 Å². The van der Waals surface area contributed by atoms with Crippen LogP contribution in [0.1, 0.15) is 30.9 Å². The van der Waals surface area contributed by atoms with E-state index >= 15 is 0 Å². The summed E-state index contributed by atoms with van der Waals surface area (Å²) < 4.78 is 0. The molecule has 0 radical (unpaired) electrons. The summed E-state index contributed by atoms with van der Waals surface area (Å²) in [6.45, 7) is 4.39. The molecular formula is C17H27N3O2. The van der Waals surface area contributed by atoms with Gasteiger partial charge in [-0.2, -0.15) is 0 Å². The molecule has 1 fully saturated rings. The highest BCUT2D eigenvalue weighted by Gasteiger charge is 2.42. The fourth-order valence-electron chi connectivity index (χ4n) is 2.71. The van der Waals surface area contributed by atoms with Crippen LogP contribution in [0, 0.1) is 12.8 Å². The molecule has 2 rings (SSSR count). The minimum absolute atomic E-state index is 0.0292. The van der Waals surface area contributed by atoms with Crippen LogP contribution in [0.15, 0.2) is 18.2 Å². The van der Waals surface area contributed by atoms with Crippen LogP contribution in [0.5, 0.6) is 0 Å². The summed E-state index contributed by atoms with van der Waals surface area (Å²) in [5, 5.41) is 15.3. The Hall–Kier alpha value is -1.75. The van der Waals surface area contributed by atoms with Gasteiger partial charge in [0.2, 0.25) is 0 Å². The Morgan fingerprint density at radius 3 is 2.64 bits per heavy atom. The summed E-state index contributed by atoms with van der Waals surface area (Å²) >= 11 is 0. The van der Waals surface area contributed by atoms with E-state index in [2.05, 4.69) is 23.6 Å². The lowest BCUT2D eigenvalue weighted by atomic mass is 9.97. The maximum absolute atomic E-state index is 12.1. The predicted molar refractivity (Wildman–Crippen MR) is 89.1 cm³/mol. The number of aryl methyl sites for hydroxylation is 1. The molecule has 0 heterocycles. The summed E-state index contributed by atoms with van der Waals surface area (Å²) in [6, 6.07) is 5.96. The van der Waals surface area contributed by atoms with E-state index in [1.165, 1.54) is 5.56 Å². The van der Waals surface area contributed by atoms with E-state index in [1.54, 1.807) is 0 Å². The fraction of sp³-hybridized carbons (Fsp3) is 0.588. The van der Waals surface area contributed by atoms with E-state index in [9.17, 15) is 9.90 Å². The van der Waals surface area contributed by atoms with Gasteiger partial charge in [0.15, 0.2) is 0 Å². The number of aliphatic hydroxyl groups is 1.